The first-order valence-electron chi connectivity index (χ1n) is 7.05. The lowest BCUT2D eigenvalue weighted by atomic mass is 10.1. The second kappa shape index (κ2) is 6.48. The van der Waals surface area contributed by atoms with Gasteiger partial charge in [-0.25, -0.2) is 0 Å². The van der Waals surface area contributed by atoms with Gasteiger partial charge in [-0.3, -0.25) is 4.79 Å². The maximum Gasteiger partial charge on any atom is 0.251 e. The van der Waals surface area contributed by atoms with Crippen LogP contribution in [-0.4, -0.2) is 17.6 Å². The number of nitrogens with one attached hydrogen (secondary N) is 1. The summed E-state index contributed by atoms with van der Waals surface area (Å²) < 4.78 is 5.33. The number of carbonyl (C=O) groups excluding carboxylic acids is 1. The summed E-state index contributed by atoms with van der Waals surface area (Å²) in [6.45, 7) is 1.30. The van der Waals surface area contributed by atoms with Crippen LogP contribution in [0, 0.1) is 0 Å². The molecule has 114 valence electrons. The van der Waals surface area contributed by atoms with Gasteiger partial charge in [0.2, 0.25) is 0 Å². The van der Waals surface area contributed by atoms with Crippen LogP contribution in [-0.2, 0) is 18.0 Å². The SMILES string of the molecule is O=C(NC[C@H](O)c1ccc(Cl)cc1)c1ccc2c(c1)COC2. The third kappa shape index (κ3) is 3.30. The molecule has 1 amide bonds. The summed E-state index contributed by atoms with van der Waals surface area (Å²) in [6, 6.07) is 12.4. The molecule has 0 spiro atoms. The third-order valence-electron chi connectivity index (χ3n) is 3.69. The smallest absolute Gasteiger partial charge is 0.251 e. The number of benzene rings is 2. The Balaban J connectivity index is 1.61. The lowest BCUT2D eigenvalue weighted by Crippen LogP contribution is -2.28. The summed E-state index contributed by atoms with van der Waals surface area (Å²) in [4.78, 5) is 12.2. The monoisotopic (exact) mass is 317 g/mol. The van der Waals surface area contributed by atoms with Gasteiger partial charge in [0.1, 0.15) is 0 Å². The minimum absolute atomic E-state index is 0.147. The number of amides is 1. The number of rotatable bonds is 4. The number of fused-ring (bicyclic) bond motifs is 1. The van der Waals surface area contributed by atoms with E-state index in [1.165, 1.54) is 0 Å². The van der Waals surface area contributed by atoms with E-state index in [0.29, 0.717) is 29.4 Å². The highest BCUT2D eigenvalue weighted by molar-refractivity contribution is 6.30. The van der Waals surface area contributed by atoms with Crippen molar-refractivity contribution >= 4 is 17.5 Å². The molecule has 0 fully saturated rings. The van der Waals surface area contributed by atoms with Gasteiger partial charge in [-0.2, -0.15) is 0 Å². The summed E-state index contributed by atoms with van der Waals surface area (Å²) >= 11 is 5.81. The molecule has 3 rings (SSSR count). The average molecular weight is 318 g/mol. The quantitative estimate of drug-likeness (QED) is 0.911. The van der Waals surface area contributed by atoms with Gasteiger partial charge < -0.3 is 15.2 Å². The summed E-state index contributed by atoms with van der Waals surface area (Å²) in [5, 5.41) is 13.4. The van der Waals surface area contributed by atoms with Crippen LogP contribution in [0.25, 0.3) is 0 Å². The van der Waals surface area contributed by atoms with Crippen molar-refractivity contribution in [2.45, 2.75) is 19.3 Å². The van der Waals surface area contributed by atoms with E-state index in [0.717, 1.165) is 11.1 Å². The van der Waals surface area contributed by atoms with E-state index in [-0.39, 0.29) is 12.5 Å². The number of carbonyl (C=O) groups is 1. The second-order valence-corrected chi connectivity index (χ2v) is 5.69. The molecule has 0 aliphatic carbocycles. The molecule has 0 unspecified atom stereocenters. The van der Waals surface area contributed by atoms with Gasteiger partial charge in [-0.15, -0.1) is 0 Å². The van der Waals surface area contributed by atoms with Gasteiger partial charge in [-0.05, 0) is 41.0 Å². The fraction of sp³-hybridized carbons (Fsp3) is 0.235. The van der Waals surface area contributed by atoms with E-state index in [4.69, 9.17) is 16.3 Å². The molecule has 1 atom stereocenters. The summed E-state index contributed by atoms with van der Waals surface area (Å²) in [5.41, 5.74) is 3.46. The zero-order valence-corrected chi connectivity index (χ0v) is 12.6. The molecule has 0 radical (unpaired) electrons. The standard InChI is InChI=1S/C17H16ClNO3/c18-15-5-3-11(4-6-15)16(20)8-19-17(21)12-1-2-13-9-22-10-14(13)7-12/h1-7,16,20H,8-10H2,(H,19,21)/t16-/m0/s1. The van der Waals surface area contributed by atoms with Gasteiger partial charge >= 0.3 is 0 Å². The van der Waals surface area contributed by atoms with Gasteiger partial charge in [0.15, 0.2) is 0 Å². The molecular weight excluding hydrogens is 302 g/mol. The first-order chi connectivity index (χ1) is 10.6. The molecule has 0 saturated heterocycles. The van der Waals surface area contributed by atoms with Crippen LogP contribution in [0.5, 0.6) is 0 Å². The Morgan fingerprint density at radius 3 is 2.68 bits per heavy atom. The molecular formula is C17H16ClNO3. The van der Waals surface area contributed by atoms with Gasteiger partial charge in [0.25, 0.3) is 5.91 Å². The Hall–Kier alpha value is -1.88. The molecule has 0 saturated carbocycles. The molecule has 1 aliphatic rings. The van der Waals surface area contributed by atoms with Crippen LogP contribution in [0.15, 0.2) is 42.5 Å². The number of hydrogen-bond acceptors (Lipinski definition) is 3. The van der Waals surface area contributed by atoms with Crippen LogP contribution >= 0.6 is 11.6 Å². The van der Waals surface area contributed by atoms with Crippen LogP contribution in [0.1, 0.15) is 33.2 Å². The molecule has 0 aromatic heterocycles. The van der Waals surface area contributed by atoms with Crippen molar-refractivity contribution in [3.8, 4) is 0 Å². The Morgan fingerprint density at radius 1 is 1.18 bits per heavy atom. The Bertz CT molecular complexity index is 685. The number of aliphatic hydroxyl groups is 1. The van der Waals surface area contributed by atoms with Crippen molar-refractivity contribution in [3.63, 3.8) is 0 Å². The van der Waals surface area contributed by atoms with Crippen LogP contribution in [0.3, 0.4) is 0 Å². The molecule has 2 aromatic carbocycles. The minimum Gasteiger partial charge on any atom is -0.387 e. The fourth-order valence-electron chi connectivity index (χ4n) is 2.41. The molecule has 2 N–H and O–H groups in total. The predicted octanol–water partition coefficient (Wildman–Crippen LogP) is 2.83. The third-order valence-corrected chi connectivity index (χ3v) is 3.95. The van der Waals surface area contributed by atoms with E-state index in [2.05, 4.69) is 5.32 Å². The topological polar surface area (TPSA) is 58.6 Å². The maximum atomic E-state index is 12.2. The highest BCUT2D eigenvalue weighted by Gasteiger charge is 2.15. The minimum atomic E-state index is -0.765. The highest BCUT2D eigenvalue weighted by Crippen LogP contribution is 2.21. The summed E-state index contributed by atoms with van der Waals surface area (Å²) in [7, 11) is 0. The molecule has 22 heavy (non-hydrogen) atoms. The Morgan fingerprint density at radius 2 is 1.91 bits per heavy atom. The van der Waals surface area contributed by atoms with Crippen LogP contribution in [0.2, 0.25) is 5.02 Å². The molecule has 4 nitrogen and oxygen atoms in total. The average Bonchev–Trinajstić information content (AvgIpc) is 3.00. The van der Waals surface area contributed by atoms with E-state index in [1.807, 2.05) is 12.1 Å². The maximum absolute atomic E-state index is 12.2. The van der Waals surface area contributed by atoms with Crippen molar-refractivity contribution < 1.29 is 14.6 Å². The zero-order valence-electron chi connectivity index (χ0n) is 11.9. The number of halogens is 1. The molecule has 2 aromatic rings. The van der Waals surface area contributed by atoms with Crippen molar-refractivity contribution in [2.75, 3.05) is 6.54 Å². The first-order valence-corrected chi connectivity index (χ1v) is 7.42. The van der Waals surface area contributed by atoms with Crippen molar-refractivity contribution in [1.29, 1.82) is 0 Å². The Labute approximate surface area is 133 Å². The second-order valence-electron chi connectivity index (χ2n) is 5.25. The van der Waals surface area contributed by atoms with Crippen molar-refractivity contribution in [1.82, 2.24) is 5.32 Å². The first kappa shape index (κ1) is 15.0. The van der Waals surface area contributed by atoms with Crippen LogP contribution < -0.4 is 5.32 Å². The van der Waals surface area contributed by atoms with Gasteiger partial charge in [0, 0.05) is 17.1 Å². The lowest BCUT2D eigenvalue weighted by Gasteiger charge is -2.12. The van der Waals surface area contributed by atoms with Gasteiger partial charge in [0.05, 0.1) is 19.3 Å². The van der Waals surface area contributed by atoms with Crippen LogP contribution in [0.4, 0.5) is 0 Å². The van der Waals surface area contributed by atoms with E-state index in [9.17, 15) is 9.90 Å². The molecule has 5 heteroatoms. The molecule has 0 bridgehead atoms. The lowest BCUT2D eigenvalue weighted by molar-refractivity contribution is 0.0916. The van der Waals surface area contributed by atoms with E-state index < -0.39 is 6.10 Å². The summed E-state index contributed by atoms with van der Waals surface area (Å²) in [5.74, 6) is -0.206. The van der Waals surface area contributed by atoms with E-state index >= 15 is 0 Å². The summed E-state index contributed by atoms with van der Waals surface area (Å²) in [6.07, 6.45) is -0.765. The van der Waals surface area contributed by atoms with Crippen molar-refractivity contribution in [3.05, 3.63) is 69.7 Å². The predicted molar refractivity (Wildman–Crippen MR) is 83.7 cm³/mol. The fourth-order valence-corrected chi connectivity index (χ4v) is 2.53. The van der Waals surface area contributed by atoms with E-state index in [1.54, 1.807) is 30.3 Å². The zero-order chi connectivity index (χ0) is 15.5. The molecule has 1 heterocycles. The number of ether oxygens (including phenoxy) is 1. The Kier molecular flexibility index (Phi) is 4.43. The van der Waals surface area contributed by atoms with Crippen molar-refractivity contribution in [2.24, 2.45) is 0 Å². The largest absolute Gasteiger partial charge is 0.387 e. The highest BCUT2D eigenvalue weighted by atomic mass is 35.5. The normalized spacial score (nSPS) is 14.5. The van der Waals surface area contributed by atoms with Gasteiger partial charge in [-0.1, -0.05) is 29.8 Å². The molecule has 1 aliphatic heterocycles. The number of hydrogen-bond donors (Lipinski definition) is 2. The number of aliphatic hydroxyl groups excluding tert-OH is 1.